The van der Waals surface area contributed by atoms with Crippen LogP contribution < -0.4 is 9.46 Å². The zero-order valence-corrected chi connectivity index (χ0v) is 16.6. The molecular formula is C19H14F3N5O3S. The highest BCUT2D eigenvalue weighted by molar-refractivity contribution is 7.92. The molecule has 0 saturated heterocycles. The fourth-order valence-electron chi connectivity index (χ4n) is 2.65. The first kappa shape index (κ1) is 20.6. The Bertz CT molecular complexity index is 1340. The Labute approximate surface area is 174 Å². The minimum atomic E-state index is -4.72. The SMILES string of the molecule is Cc1ccc(S(=O)(=O)Nc2ccc(Oc3ccc4nnc(C(F)(F)F)n4n3)cc2)cc1. The Balaban J connectivity index is 1.52. The molecule has 4 rings (SSSR count). The minimum Gasteiger partial charge on any atom is -0.438 e. The van der Waals surface area contributed by atoms with Gasteiger partial charge in [0.1, 0.15) is 5.75 Å². The largest absolute Gasteiger partial charge is 0.453 e. The number of hydrogen-bond acceptors (Lipinski definition) is 6. The highest BCUT2D eigenvalue weighted by atomic mass is 32.2. The van der Waals surface area contributed by atoms with Crippen LogP contribution in [0.15, 0.2) is 65.6 Å². The van der Waals surface area contributed by atoms with Crippen molar-refractivity contribution in [1.29, 1.82) is 0 Å². The predicted molar refractivity (Wildman–Crippen MR) is 104 cm³/mol. The summed E-state index contributed by atoms with van der Waals surface area (Å²) >= 11 is 0. The molecule has 2 aromatic heterocycles. The molecule has 0 amide bonds. The van der Waals surface area contributed by atoms with Crippen molar-refractivity contribution in [3.05, 3.63) is 72.1 Å². The summed E-state index contributed by atoms with van der Waals surface area (Å²) in [4.78, 5) is 0.116. The lowest BCUT2D eigenvalue weighted by Crippen LogP contribution is -2.13. The van der Waals surface area contributed by atoms with Crippen molar-refractivity contribution < 1.29 is 26.3 Å². The van der Waals surface area contributed by atoms with Crippen LogP contribution in [0, 0.1) is 6.92 Å². The zero-order valence-electron chi connectivity index (χ0n) is 15.8. The Morgan fingerprint density at radius 2 is 1.61 bits per heavy atom. The van der Waals surface area contributed by atoms with Crippen LogP contribution in [0.25, 0.3) is 5.65 Å². The lowest BCUT2D eigenvalue weighted by atomic mass is 10.2. The number of aromatic nitrogens is 4. The molecule has 4 aromatic rings. The number of aryl methyl sites for hydroxylation is 1. The summed E-state index contributed by atoms with van der Waals surface area (Å²) in [6, 6.07) is 14.8. The Hall–Kier alpha value is -3.67. The molecule has 8 nitrogen and oxygen atoms in total. The fraction of sp³-hybridized carbons (Fsp3) is 0.105. The van der Waals surface area contributed by atoms with E-state index < -0.39 is 22.0 Å². The van der Waals surface area contributed by atoms with Crippen molar-refractivity contribution in [1.82, 2.24) is 19.8 Å². The molecule has 0 unspecified atom stereocenters. The molecule has 0 radical (unpaired) electrons. The predicted octanol–water partition coefficient (Wildman–Crippen LogP) is 4.04. The van der Waals surface area contributed by atoms with Crippen LogP contribution in [0.3, 0.4) is 0 Å². The number of alkyl halides is 3. The first-order chi connectivity index (χ1) is 14.6. The first-order valence-electron chi connectivity index (χ1n) is 8.79. The van der Waals surface area contributed by atoms with Crippen LogP contribution in [0.5, 0.6) is 11.6 Å². The van der Waals surface area contributed by atoms with E-state index in [2.05, 4.69) is 20.0 Å². The van der Waals surface area contributed by atoms with Crippen LogP contribution in [-0.4, -0.2) is 28.2 Å². The standard InChI is InChI=1S/C19H14F3N5O3S/c1-12-2-8-15(9-3-12)31(28,29)26-13-4-6-14(7-5-13)30-17-11-10-16-23-24-18(19(20,21)22)27(16)25-17/h2-11,26H,1H3. The Morgan fingerprint density at radius 3 is 2.26 bits per heavy atom. The summed E-state index contributed by atoms with van der Waals surface area (Å²) < 4.78 is 72.3. The van der Waals surface area contributed by atoms with E-state index in [9.17, 15) is 21.6 Å². The smallest absolute Gasteiger partial charge is 0.438 e. The van der Waals surface area contributed by atoms with Gasteiger partial charge in [-0.3, -0.25) is 4.72 Å². The van der Waals surface area contributed by atoms with E-state index in [4.69, 9.17) is 4.74 Å². The number of sulfonamides is 1. The van der Waals surface area contributed by atoms with E-state index in [1.54, 1.807) is 12.1 Å². The van der Waals surface area contributed by atoms with Gasteiger partial charge >= 0.3 is 6.18 Å². The molecule has 160 valence electrons. The summed E-state index contributed by atoms with van der Waals surface area (Å²) in [5.74, 6) is -1.15. The van der Waals surface area contributed by atoms with Gasteiger partial charge in [0.05, 0.1) is 4.90 Å². The van der Waals surface area contributed by atoms with Crippen LogP contribution >= 0.6 is 0 Å². The monoisotopic (exact) mass is 449 g/mol. The van der Waals surface area contributed by atoms with Gasteiger partial charge in [-0.25, -0.2) is 8.42 Å². The Kier molecular flexibility index (Phi) is 5.01. The van der Waals surface area contributed by atoms with Crippen molar-refractivity contribution in [3.8, 4) is 11.6 Å². The van der Waals surface area contributed by atoms with Crippen LogP contribution in [0.2, 0.25) is 0 Å². The third-order valence-corrected chi connectivity index (χ3v) is 5.55. The molecule has 0 bridgehead atoms. The van der Waals surface area contributed by atoms with E-state index in [0.717, 1.165) is 5.56 Å². The molecule has 31 heavy (non-hydrogen) atoms. The molecule has 1 N–H and O–H groups in total. The second-order valence-electron chi connectivity index (χ2n) is 6.51. The molecule has 12 heteroatoms. The number of benzene rings is 2. The molecule has 2 aromatic carbocycles. The highest BCUT2D eigenvalue weighted by Gasteiger charge is 2.37. The minimum absolute atomic E-state index is 0.0828. The normalized spacial score (nSPS) is 12.1. The summed E-state index contributed by atoms with van der Waals surface area (Å²) in [6.45, 7) is 1.85. The van der Waals surface area contributed by atoms with Crippen LogP contribution in [0.1, 0.15) is 11.4 Å². The number of ether oxygens (including phenoxy) is 1. The molecule has 0 spiro atoms. The lowest BCUT2D eigenvalue weighted by molar-refractivity contribution is -0.146. The summed E-state index contributed by atoms with van der Waals surface area (Å²) in [5, 5.41) is 10.3. The van der Waals surface area contributed by atoms with Crippen molar-refractivity contribution in [2.75, 3.05) is 4.72 Å². The number of halogens is 3. The van der Waals surface area contributed by atoms with Gasteiger partial charge in [-0.15, -0.1) is 15.3 Å². The van der Waals surface area contributed by atoms with Gasteiger partial charge in [-0.05, 0) is 49.4 Å². The maximum Gasteiger partial charge on any atom is 0.453 e. The molecule has 0 aliphatic rings. The van der Waals surface area contributed by atoms with Gasteiger partial charge in [0.15, 0.2) is 5.65 Å². The van der Waals surface area contributed by atoms with Crippen LogP contribution in [0.4, 0.5) is 18.9 Å². The van der Waals surface area contributed by atoms with E-state index >= 15 is 0 Å². The molecule has 0 fully saturated rings. The molecule has 0 aliphatic heterocycles. The van der Waals surface area contributed by atoms with Gasteiger partial charge in [-0.2, -0.15) is 17.7 Å². The summed E-state index contributed by atoms with van der Waals surface area (Å²) in [5.41, 5.74) is 1.14. The molecule has 0 saturated carbocycles. The van der Waals surface area contributed by atoms with E-state index in [1.807, 2.05) is 6.92 Å². The average molecular weight is 449 g/mol. The number of nitrogens with one attached hydrogen (secondary N) is 1. The Morgan fingerprint density at radius 1 is 0.935 bits per heavy atom. The van der Waals surface area contributed by atoms with Gasteiger partial charge < -0.3 is 4.74 Å². The number of nitrogens with zero attached hydrogens (tertiary/aromatic N) is 4. The van der Waals surface area contributed by atoms with E-state index in [1.165, 1.54) is 48.5 Å². The van der Waals surface area contributed by atoms with Gasteiger partial charge in [0.2, 0.25) is 5.88 Å². The molecule has 0 atom stereocenters. The van der Waals surface area contributed by atoms with Crippen molar-refractivity contribution in [2.45, 2.75) is 18.0 Å². The number of anilines is 1. The third-order valence-electron chi connectivity index (χ3n) is 4.15. The summed E-state index contributed by atoms with van der Waals surface area (Å²) in [7, 11) is -3.77. The number of hydrogen-bond donors (Lipinski definition) is 1. The maximum atomic E-state index is 13.0. The lowest BCUT2D eigenvalue weighted by Gasteiger charge is -2.10. The summed E-state index contributed by atoms with van der Waals surface area (Å²) in [6.07, 6.45) is -4.72. The molecule has 2 heterocycles. The second-order valence-corrected chi connectivity index (χ2v) is 8.19. The van der Waals surface area contributed by atoms with Crippen molar-refractivity contribution in [3.63, 3.8) is 0 Å². The topological polar surface area (TPSA) is 98.5 Å². The average Bonchev–Trinajstić information content (AvgIpc) is 3.13. The molecular weight excluding hydrogens is 435 g/mol. The number of rotatable bonds is 5. The third kappa shape index (κ3) is 4.43. The van der Waals surface area contributed by atoms with Gasteiger partial charge in [0, 0.05) is 11.8 Å². The van der Waals surface area contributed by atoms with Gasteiger partial charge in [0.25, 0.3) is 15.8 Å². The van der Waals surface area contributed by atoms with E-state index in [0.29, 0.717) is 4.52 Å². The quantitative estimate of drug-likeness (QED) is 0.494. The first-order valence-corrected chi connectivity index (χ1v) is 10.3. The number of fused-ring (bicyclic) bond motifs is 1. The zero-order chi connectivity index (χ0) is 22.2. The fourth-order valence-corrected chi connectivity index (χ4v) is 3.71. The molecule has 0 aliphatic carbocycles. The second kappa shape index (κ2) is 7.54. The maximum absolute atomic E-state index is 13.0. The van der Waals surface area contributed by atoms with E-state index in [-0.39, 0.29) is 27.9 Å². The highest BCUT2D eigenvalue weighted by Crippen LogP contribution is 2.29. The van der Waals surface area contributed by atoms with Gasteiger partial charge in [-0.1, -0.05) is 17.7 Å². The van der Waals surface area contributed by atoms with Crippen LogP contribution in [-0.2, 0) is 16.2 Å². The van der Waals surface area contributed by atoms with Crippen molar-refractivity contribution >= 4 is 21.4 Å². The van der Waals surface area contributed by atoms with Crippen molar-refractivity contribution in [2.24, 2.45) is 0 Å².